The number of carbonyl (C=O) groups is 1. The zero-order valence-electron chi connectivity index (χ0n) is 16.8. The Labute approximate surface area is 163 Å². The number of carbonyl (C=O) groups excluding carboxylic acids is 1. The molecule has 1 amide bonds. The fraction of sp³-hybridized carbons (Fsp3) is 0.682. The van der Waals surface area contributed by atoms with Gasteiger partial charge in [0.05, 0.1) is 0 Å². The number of aliphatic hydroxyl groups is 1. The van der Waals surface area contributed by atoms with Crippen LogP contribution in [0.15, 0.2) is 30.3 Å². The van der Waals surface area contributed by atoms with Gasteiger partial charge in [-0.15, -0.1) is 0 Å². The molecular weight excluding hydrogens is 340 g/mol. The first-order valence-corrected chi connectivity index (χ1v) is 10.4. The monoisotopic (exact) mass is 374 g/mol. The van der Waals surface area contributed by atoms with Gasteiger partial charge in [-0.2, -0.15) is 0 Å². The fourth-order valence-electron chi connectivity index (χ4n) is 4.20. The van der Waals surface area contributed by atoms with Crippen LogP contribution in [-0.2, 0) is 4.79 Å². The van der Waals surface area contributed by atoms with Gasteiger partial charge in [-0.05, 0) is 71.2 Å². The van der Waals surface area contributed by atoms with E-state index < -0.39 is 5.60 Å². The van der Waals surface area contributed by atoms with Crippen LogP contribution < -0.4 is 4.74 Å². The van der Waals surface area contributed by atoms with Gasteiger partial charge in [0.2, 0.25) is 5.91 Å². The molecule has 0 radical (unpaired) electrons. The number of rotatable bonds is 5. The Hall–Kier alpha value is -1.59. The van der Waals surface area contributed by atoms with Crippen LogP contribution in [0.1, 0.15) is 46.0 Å². The molecule has 1 N–H and O–H groups in total. The van der Waals surface area contributed by atoms with Crippen molar-refractivity contribution in [2.75, 3.05) is 32.8 Å². The van der Waals surface area contributed by atoms with Gasteiger partial charge < -0.3 is 19.6 Å². The summed E-state index contributed by atoms with van der Waals surface area (Å²) in [5.41, 5.74) is -0.855. The molecule has 0 aliphatic carbocycles. The van der Waals surface area contributed by atoms with Gasteiger partial charge in [0.15, 0.2) is 0 Å². The van der Waals surface area contributed by atoms with Crippen LogP contribution in [0.4, 0.5) is 0 Å². The van der Waals surface area contributed by atoms with Crippen molar-refractivity contribution < 1.29 is 14.6 Å². The van der Waals surface area contributed by atoms with Gasteiger partial charge in [-0.1, -0.05) is 18.2 Å². The van der Waals surface area contributed by atoms with E-state index in [0.29, 0.717) is 25.4 Å². The lowest BCUT2D eigenvalue weighted by Crippen LogP contribution is -2.45. The maximum absolute atomic E-state index is 13.0. The smallest absolute Gasteiger partial charge is 0.225 e. The predicted molar refractivity (Wildman–Crippen MR) is 107 cm³/mol. The molecule has 150 valence electrons. The Morgan fingerprint density at radius 3 is 2.52 bits per heavy atom. The normalized spacial score (nSPS) is 25.4. The maximum Gasteiger partial charge on any atom is 0.225 e. The highest BCUT2D eigenvalue weighted by molar-refractivity contribution is 5.79. The second kappa shape index (κ2) is 9.07. The lowest BCUT2D eigenvalue weighted by Gasteiger charge is -2.36. The summed E-state index contributed by atoms with van der Waals surface area (Å²) in [6.45, 7) is 8.11. The number of para-hydroxylation sites is 1. The van der Waals surface area contributed by atoms with Crippen LogP contribution in [0.25, 0.3) is 0 Å². The average molecular weight is 375 g/mol. The first kappa shape index (κ1) is 20.2. The topological polar surface area (TPSA) is 53.0 Å². The van der Waals surface area contributed by atoms with E-state index in [1.165, 1.54) is 0 Å². The molecule has 27 heavy (non-hydrogen) atoms. The van der Waals surface area contributed by atoms with Gasteiger partial charge in [0.1, 0.15) is 18.0 Å². The maximum atomic E-state index is 13.0. The van der Waals surface area contributed by atoms with Gasteiger partial charge >= 0.3 is 0 Å². The van der Waals surface area contributed by atoms with Crippen molar-refractivity contribution in [1.82, 2.24) is 9.80 Å². The van der Waals surface area contributed by atoms with Crippen molar-refractivity contribution in [3.8, 4) is 5.75 Å². The van der Waals surface area contributed by atoms with Crippen molar-refractivity contribution in [2.24, 2.45) is 5.92 Å². The highest BCUT2D eigenvalue weighted by atomic mass is 16.5. The molecule has 0 bridgehead atoms. The number of hydrogen-bond acceptors (Lipinski definition) is 4. The Morgan fingerprint density at radius 1 is 1.15 bits per heavy atom. The third-order valence-corrected chi connectivity index (χ3v) is 6.09. The summed E-state index contributed by atoms with van der Waals surface area (Å²) in [5.74, 6) is 1.21. The van der Waals surface area contributed by atoms with Crippen molar-refractivity contribution in [1.29, 1.82) is 0 Å². The minimum absolute atomic E-state index is 0.145. The van der Waals surface area contributed by atoms with Crippen molar-refractivity contribution in [3.63, 3.8) is 0 Å². The van der Waals surface area contributed by atoms with E-state index in [4.69, 9.17) is 4.74 Å². The molecule has 1 unspecified atom stereocenters. The summed E-state index contributed by atoms with van der Waals surface area (Å²) >= 11 is 0. The van der Waals surface area contributed by atoms with Gasteiger partial charge in [-0.3, -0.25) is 4.79 Å². The highest BCUT2D eigenvalue weighted by Crippen LogP contribution is 2.27. The Balaban J connectivity index is 1.49. The molecule has 2 fully saturated rings. The van der Waals surface area contributed by atoms with E-state index in [0.717, 1.165) is 44.6 Å². The molecule has 2 aliphatic rings. The number of nitrogens with zero attached hydrogens (tertiary/aromatic N) is 2. The van der Waals surface area contributed by atoms with Gasteiger partial charge in [0, 0.05) is 25.0 Å². The van der Waals surface area contributed by atoms with Crippen LogP contribution in [-0.4, -0.2) is 65.2 Å². The van der Waals surface area contributed by atoms with E-state index >= 15 is 0 Å². The molecule has 0 spiro atoms. The average Bonchev–Trinajstić information content (AvgIpc) is 2.89. The first-order chi connectivity index (χ1) is 13.0. The molecule has 1 atom stereocenters. The van der Waals surface area contributed by atoms with Crippen molar-refractivity contribution in [3.05, 3.63) is 30.3 Å². The fourth-order valence-corrected chi connectivity index (χ4v) is 4.20. The standard InChI is InChI=1S/C22H34N2O3/c1-18(2)23-14-9-19(10-15-23)21(25)24-13-6-11-22(26,12-16-24)17-27-20-7-4-3-5-8-20/h3-5,7-8,18-19,26H,6,9-17H2,1-2H3. The van der Waals surface area contributed by atoms with E-state index in [9.17, 15) is 9.90 Å². The SMILES string of the molecule is CC(C)N1CCC(C(=O)N2CCCC(O)(COc3ccccc3)CC2)CC1. The zero-order chi connectivity index (χ0) is 19.3. The molecule has 0 aromatic heterocycles. The summed E-state index contributed by atoms with van der Waals surface area (Å²) in [6, 6.07) is 10.2. The number of hydrogen-bond donors (Lipinski definition) is 1. The van der Waals surface area contributed by atoms with Crippen LogP contribution >= 0.6 is 0 Å². The van der Waals surface area contributed by atoms with Crippen LogP contribution in [0.5, 0.6) is 5.75 Å². The van der Waals surface area contributed by atoms with E-state index in [1.807, 2.05) is 35.2 Å². The lowest BCUT2D eigenvalue weighted by atomic mass is 9.94. The summed E-state index contributed by atoms with van der Waals surface area (Å²) in [5, 5.41) is 10.9. The van der Waals surface area contributed by atoms with E-state index in [2.05, 4.69) is 18.7 Å². The van der Waals surface area contributed by atoms with Crippen LogP contribution in [0.3, 0.4) is 0 Å². The first-order valence-electron chi connectivity index (χ1n) is 10.4. The van der Waals surface area contributed by atoms with E-state index in [-0.39, 0.29) is 18.4 Å². The zero-order valence-corrected chi connectivity index (χ0v) is 16.8. The number of amides is 1. The quantitative estimate of drug-likeness (QED) is 0.861. The Morgan fingerprint density at radius 2 is 1.85 bits per heavy atom. The second-order valence-electron chi connectivity index (χ2n) is 8.41. The van der Waals surface area contributed by atoms with Crippen molar-refractivity contribution in [2.45, 2.75) is 57.6 Å². The highest BCUT2D eigenvalue weighted by Gasteiger charge is 2.35. The molecule has 3 rings (SSSR count). The number of ether oxygens (including phenoxy) is 1. The third kappa shape index (κ3) is 5.45. The van der Waals surface area contributed by atoms with Gasteiger partial charge in [-0.25, -0.2) is 0 Å². The minimum Gasteiger partial charge on any atom is -0.491 e. The number of benzene rings is 1. The molecule has 2 heterocycles. The lowest BCUT2D eigenvalue weighted by molar-refractivity contribution is -0.137. The summed E-state index contributed by atoms with van der Waals surface area (Å²) in [4.78, 5) is 17.4. The summed E-state index contributed by atoms with van der Waals surface area (Å²) in [7, 11) is 0. The molecule has 2 aliphatic heterocycles. The van der Waals surface area contributed by atoms with E-state index in [1.54, 1.807) is 0 Å². The molecule has 0 saturated carbocycles. The molecule has 2 saturated heterocycles. The number of piperidine rings is 1. The minimum atomic E-state index is -0.855. The van der Waals surface area contributed by atoms with Crippen LogP contribution in [0.2, 0.25) is 0 Å². The van der Waals surface area contributed by atoms with Crippen molar-refractivity contribution >= 4 is 5.91 Å². The largest absolute Gasteiger partial charge is 0.491 e. The van der Waals surface area contributed by atoms with Gasteiger partial charge in [0.25, 0.3) is 0 Å². The van der Waals surface area contributed by atoms with Crippen LogP contribution in [0, 0.1) is 5.92 Å². The molecule has 5 nitrogen and oxygen atoms in total. The molecule has 5 heteroatoms. The Kier molecular flexibility index (Phi) is 6.77. The summed E-state index contributed by atoms with van der Waals surface area (Å²) in [6.07, 6.45) is 3.99. The molecule has 1 aromatic carbocycles. The molecule has 1 aromatic rings. The third-order valence-electron chi connectivity index (χ3n) is 6.09. The second-order valence-corrected chi connectivity index (χ2v) is 8.41. The molecular formula is C22H34N2O3. The predicted octanol–water partition coefficient (Wildman–Crippen LogP) is 2.93. The number of likely N-dealkylation sites (tertiary alicyclic amines) is 2. The summed E-state index contributed by atoms with van der Waals surface area (Å²) < 4.78 is 5.79. The Bertz CT molecular complexity index is 599.